The molecule has 19 heavy (non-hydrogen) atoms. The maximum absolute atomic E-state index is 8.88. The third-order valence-corrected chi connectivity index (χ3v) is 2.38. The van der Waals surface area contributed by atoms with Crippen LogP contribution in [0.25, 0.3) is 0 Å². The number of anilines is 2. The van der Waals surface area contributed by atoms with E-state index in [4.69, 9.17) is 28.4 Å². The normalized spacial score (nSPS) is 10.6. The predicted molar refractivity (Wildman–Crippen MR) is 74.7 cm³/mol. The highest BCUT2D eigenvalue weighted by Crippen LogP contribution is 2.20. The van der Waals surface area contributed by atoms with E-state index in [2.05, 4.69) is 11.8 Å². The maximum atomic E-state index is 8.88. The zero-order valence-corrected chi connectivity index (χ0v) is 11.8. The molecule has 0 radical (unpaired) electrons. The minimum absolute atomic E-state index is 0.168. The van der Waals surface area contributed by atoms with Gasteiger partial charge in [0.05, 0.1) is 6.61 Å². The summed E-state index contributed by atoms with van der Waals surface area (Å²) in [6, 6.07) is 5.99. The van der Waals surface area contributed by atoms with E-state index in [9.17, 15) is 0 Å². The lowest BCUT2D eigenvalue weighted by Crippen LogP contribution is -2.26. The van der Waals surface area contributed by atoms with E-state index in [0.717, 1.165) is 23.5 Å². The number of benzene rings is 1. The van der Waals surface area contributed by atoms with Crippen LogP contribution in [-0.4, -0.2) is 42.3 Å². The van der Waals surface area contributed by atoms with Crippen LogP contribution in [0.4, 0.5) is 11.4 Å². The van der Waals surface area contributed by atoms with Crippen molar-refractivity contribution in [3.63, 3.8) is 0 Å². The Morgan fingerprint density at radius 1 is 1.32 bits per heavy atom. The van der Waals surface area contributed by atoms with Crippen LogP contribution in [0.15, 0.2) is 18.2 Å². The molecule has 0 amide bonds. The molecule has 0 saturated heterocycles. The number of rotatable bonds is 4. The van der Waals surface area contributed by atoms with E-state index >= 15 is 0 Å². The smallest absolute Gasteiger partial charge is 0.394 e. The monoisotopic (exact) mass is 292 g/mol. The van der Waals surface area contributed by atoms with E-state index < -0.39 is 10.4 Å². The van der Waals surface area contributed by atoms with E-state index in [1.165, 1.54) is 0 Å². The van der Waals surface area contributed by atoms with Crippen molar-refractivity contribution in [2.24, 2.45) is 0 Å². The van der Waals surface area contributed by atoms with E-state index in [1.807, 2.05) is 25.1 Å². The van der Waals surface area contributed by atoms with E-state index in [0.29, 0.717) is 6.54 Å². The number of aryl methyl sites for hydroxylation is 1. The van der Waals surface area contributed by atoms with Gasteiger partial charge in [-0.1, -0.05) is 6.07 Å². The average molecular weight is 292 g/mol. The number of hydrogen-bond donors (Lipinski definition) is 4. The third-order valence-electron chi connectivity index (χ3n) is 2.38. The molecule has 0 aliphatic heterocycles. The summed E-state index contributed by atoms with van der Waals surface area (Å²) in [5, 5.41) is 8.88. The van der Waals surface area contributed by atoms with Crippen LogP contribution in [-0.2, 0) is 10.4 Å². The van der Waals surface area contributed by atoms with Crippen LogP contribution in [0.2, 0.25) is 0 Å². The molecular weight excluding hydrogens is 272 g/mol. The minimum atomic E-state index is -4.67. The molecule has 0 aromatic heterocycles. The van der Waals surface area contributed by atoms with E-state index in [1.54, 1.807) is 0 Å². The Bertz CT molecular complexity index is 482. The van der Waals surface area contributed by atoms with Crippen molar-refractivity contribution < 1.29 is 22.6 Å². The number of nitrogen functional groups attached to an aromatic ring is 1. The number of likely N-dealkylation sites (N-methyl/N-ethyl adjacent to an activating group) is 1. The summed E-state index contributed by atoms with van der Waals surface area (Å²) in [6.45, 7) is 5.75. The van der Waals surface area contributed by atoms with Crippen LogP contribution in [0.3, 0.4) is 0 Å². The molecule has 8 heteroatoms. The van der Waals surface area contributed by atoms with Gasteiger partial charge < -0.3 is 15.7 Å². The Balaban J connectivity index is 0.000000555. The molecule has 0 atom stereocenters. The molecule has 7 nitrogen and oxygen atoms in total. The molecule has 0 saturated carbocycles. The molecular formula is C11H20N2O5S. The Morgan fingerprint density at radius 2 is 1.84 bits per heavy atom. The fraction of sp³-hybridized carbons (Fsp3) is 0.455. The first-order valence-electron chi connectivity index (χ1n) is 5.60. The predicted octanol–water partition coefficient (Wildman–Crippen LogP) is 0.743. The van der Waals surface area contributed by atoms with Gasteiger partial charge in [-0.3, -0.25) is 9.11 Å². The minimum Gasteiger partial charge on any atom is -0.398 e. The van der Waals surface area contributed by atoms with Crippen LogP contribution in [0.1, 0.15) is 12.5 Å². The van der Waals surface area contributed by atoms with Crippen LogP contribution in [0.5, 0.6) is 0 Å². The fourth-order valence-electron chi connectivity index (χ4n) is 1.42. The molecule has 0 aliphatic carbocycles. The highest BCUT2D eigenvalue weighted by atomic mass is 32.3. The first-order valence-corrected chi connectivity index (χ1v) is 7.00. The number of aliphatic hydroxyl groups excluding tert-OH is 1. The summed E-state index contributed by atoms with van der Waals surface area (Å²) >= 11 is 0. The second-order valence-corrected chi connectivity index (χ2v) is 4.69. The number of nitrogens with two attached hydrogens (primary N) is 1. The summed E-state index contributed by atoms with van der Waals surface area (Å²) in [5.74, 6) is 0. The van der Waals surface area contributed by atoms with Gasteiger partial charge in [0, 0.05) is 24.5 Å². The van der Waals surface area contributed by atoms with Crippen molar-refractivity contribution in [1.29, 1.82) is 0 Å². The Hall–Kier alpha value is -1.35. The molecule has 0 fully saturated rings. The van der Waals surface area contributed by atoms with Gasteiger partial charge in [-0.15, -0.1) is 0 Å². The van der Waals surface area contributed by atoms with Gasteiger partial charge in [0.25, 0.3) is 0 Å². The lowest BCUT2D eigenvalue weighted by molar-refractivity contribution is 0.302. The van der Waals surface area contributed by atoms with Gasteiger partial charge in [0.2, 0.25) is 0 Å². The molecule has 0 aliphatic rings. The summed E-state index contributed by atoms with van der Waals surface area (Å²) in [7, 11) is -4.67. The van der Waals surface area contributed by atoms with Crippen LogP contribution >= 0.6 is 0 Å². The van der Waals surface area contributed by atoms with Gasteiger partial charge in [-0.05, 0) is 31.5 Å². The molecule has 0 heterocycles. The summed E-state index contributed by atoms with van der Waals surface area (Å²) in [5.41, 5.74) is 8.79. The van der Waals surface area contributed by atoms with Crippen molar-refractivity contribution in [2.45, 2.75) is 13.8 Å². The first-order chi connectivity index (χ1) is 8.69. The number of aliphatic hydroxyl groups is 1. The summed E-state index contributed by atoms with van der Waals surface area (Å²) < 4.78 is 31.6. The fourth-order valence-corrected chi connectivity index (χ4v) is 1.42. The zero-order chi connectivity index (χ0) is 15.1. The molecule has 1 aromatic rings. The lowest BCUT2D eigenvalue weighted by Gasteiger charge is -2.22. The topological polar surface area (TPSA) is 124 Å². The molecule has 5 N–H and O–H groups in total. The molecule has 0 bridgehead atoms. The Kier molecular flexibility index (Phi) is 7.38. The van der Waals surface area contributed by atoms with Crippen molar-refractivity contribution >= 4 is 21.8 Å². The quantitative estimate of drug-likeness (QED) is 0.476. The van der Waals surface area contributed by atoms with Crippen LogP contribution < -0.4 is 10.6 Å². The summed E-state index contributed by atoms with van der Waals surface area (Å²) in [6.07, 6.45) is 0. The highest BCUT2D eigenvalue weighted by Gasteiger charge is 2.04. The van der Waals surface area contributed by atoms with Crippen molar-refractivity contribution in [1.82, 2.24) is 0 Å². The van der Waals surface area contributed by atoms with Gasteiger partial charge in [0.1, 0.15) is 0 Å². The summed E-state index contributed by atoms with van der Waals surface area (Å²) in [4.78, 5) is 2.09. The molecule has 1 rings (SSSR count). The standard InChI is InChI=1S/C11H18N2O.H2O4S/c1-3-13(6-7-14)10-5-4-9(2)11(12)8-10;1-5(2,3)4/h4-5,8,14H,3,6-7,12H2,1-2H3;(H2,1,2,3,4). The molecule has 1 aromatic carbocycles. The second-order valence-electron chi connectivity index (χ2n) is 3.79. The van der Waals surface area contributed by atoms with Crippen molar-refractivity contribution in [3.8, 4) is 0 Å². The molecule has 0 unspecified atom stereocenters. The van der Waals surface area contributed by atoms with Crippen LogP contribution in [0, 0.1) is 6.92 Å². The van der Waals surface area contributed by atoms with E-state index in [-0.39, 0.29) is 6.61 Å². The number of hydrogen-bond acceptors (Lipinski definition) is 5. The SMILES string of the molecule is CCN(CCO)c1ccc(C)c(N)c1.O=S(=O)(O)O. The van der Waals surface area contributed by atoms with Crippen molar-refractivity contribution in [3.05, 3.63) is 23.8 Å². The maximum Gasteiger partial charge on any atom is 0.394 e. The Morgan fingerprint density at radius 3 is 2.21 bits per heavy atom. The second kappa shape index (κ2) is 7.95. The molecule has 110 valence electrons. The first kappa shape index (κ1) is 17.6. The van der Waals surface area contributed by atoms with Crippen molar-refractivity contribution in [2.75, 3.05) is 30.3 Å². The lowest BCUT2D eigenvalue weighted by atomic mass is 10.1. The van der Waals surface area contributed by atoms with Gasteiger partial charge in [-0.2, -0.15) is 8.42 Å². The van der Waals surface area contributed by atoms with Gasteiger partial charge in [-0.25, -0.2) is 0 Å². The highest BCUT2D eigenvalue weighted by molar-refractivity contribution is 7.79. The van der Waals surface area contributed by atoms with Gasteiger partial charge >= 0.3 is 10.4 Å². The third kappa shape index (κ3) is 8.38. The Labute approximate surface area is 113 Å². The number of nitrogens with zero attached hydrogens (tertiary/aromatic N) is 1. The zero-order valence-electron chi connectivity index (χ0n) is 10.9. The molecule has 0 spiro atoms. The largest absolute Gasteiger partial charge is 0.398 e. The average Bonchev–Trinajstić information content (AvgIpc) is 2.27. The van der Waals surface area contributed by atoms with Gasteiger partial charge in [0.15, 0.2) is 0 Å².